The summed E-state index contributed by atoms with van der Waals surface area (Å²) < 4.78 is 1.43. The molecule has 1 aliphatic rings. The standard InChI is InChI=1S/C12H13N5O2S/c1-16-8-5-6(3-4-7(8)9(13)10(16)18)20-12-15-14-11(19)17(12)2/h3-5,9H,13H2,1-2H3,(H,14,19). The summed E-state index contributed by atoms with van der Waals surface area (Å²) in [5.74, 6) is -0.116. The van der Waals surface area contributed by atoms with E-state index in [2.05, 4.69) is 10.2 Å². The second-order valence-corrected chi connectivity index (χ2v) is 5.61. The highest BCUT2D eigenvalue weighted by Gasteiger charge is 2.32. The van der Waals surface area contributed by atoms with Gasteiger partial charge in [0.05, 0.1) is 0 Å². The van der Waals surface area contributed by atoms with Crippen molar-refractivity contribution in [1.82, 2.24) is 14.8 Å². The number of hydrogen-bond donors (Lipinski definition) is 2. The van der Waals surface area contributed by atoms with Crippen LogP contribution in [0.3, 0.4) is 0 Å². The van der Waals surface area contributed by atoms with Crippen molar-refractivity contribution >= 4 is 23.4 Å². The molecule has 7 nitrogen and oxygen atoms in total. The average molecular weight is 291 g/mol. The van der Waals surface area contributed by atoms with Gasteiger partial charge in [0.2, 0.25) is 5.91 Å². The van der Waals surface area contributed by atoms with Crippen LogP contribution in [0.25, 0.3) is 0 Å². The van der Waals surface area contributed by atoms with Gasteiger partial charge in [-0.25, -0.2) is 9.89 Å². The van der Waals surface area contributed by atoms with Crippen molar-refractivity contribution in [3.05, 3.63) is 34.2 Å². The van der Waals surface area contributed by atoms with E-state index in [1.807, 2.05) is 18.2 Å². The fraction of sp³-hybridized carbons (Fsp3) is 0.250. The molecule has 104 valence electrons. The second kappa shape index (κ2) is 4.50. The van der Waals surface area contributed by atoms with Gasteiger partial charge in [-0.2, -0.15) is 0 Å². The van der Waals surface area contributed by atoms with Crippen LogP contribution in [0.5, 0.6) is 0 Å². The van der Waals surface area contributed by atoms with Gasteiger partial charge < -0.3 is 10.6 Å². The lowest BCUT2D eigenvalue weighted by atomic mass is 10.1. The molecule has 0 bridgehead atoms. The number of nitrogens with zero attached hydrogens (tertiary/aromatic N) is 3. The number of carbonyl (C=O) groups excluding carboxylic acids is 1. The van der Waals surface area contributed by atoms with Crippen LogP contribution < -0.4 is 16.3 Å². The summed E-state index contributed by atoms with van der Waals surface area (Å²) in [6, 6.07) is 5.00. The lowest BCUT2D eigenvalue weighted by Gasteiger charge is -2.10. The van der Waals surface area contributed by atoms with E-state index in [9.17, 15) is 9.59 Å². The molecular weight excluding hydrogens is 278 g/mol. The third-order valence-electron chi connectivity index (χ3n) is 3.34. The van der Waals surface area contributed by atoms with E-state index < -0.39 is 6.04 Å². The number of benzene rings is 1. The van der Waals surface area contributed by atoms with Gasteiger partial charge in [-0.1, -0.05) is 6.07 Å². The highest BCUT2D eigenvalue weighted by atomic mass is 32.2. The predicted octanol–water partition coefficient (Wildman–Crippen LogP) is 0.236. The minimum atomic E-state index is -0.594. The molecule has 1 amide bonds. The summed E-state index contributed by atoms with van der Waals surface area (Å²) in [6.45, 7) is 0. The topological polar surface area (TPSA) is 97.0 Å². The first kappa shape index (κ1) is 12.9. The van der Waals surface area contributed by atoms with Crippen LogP contribution in [-0.4, -0.2) is 27.7 Å². The van der Waals surface area contributed by atoms with Gasteiger partial charge in [-0.3, -0.25) is 9.36 Å². The molecule has 20 heavy (non-hydrogen) atoms. The van der Waals surface area contributed by atoms with E-state index in [1.54, 1.807) is 19.0 Å². The number of fused-ring (bicyclic) bond motifs is 1. The number of anilines is 1. The van der Waals surface area contributed by atoms with Crippen molar-refractivity contribution in [1.29, 1.82) is 0 Å². The maximum Gasteiger partial charge on any atom is 0.343 e. The maximum absolute atomic E-state index is 11.8. The van der Waals surface area contributed by atoms with Gasteiger partial charge >= 0.3 is 5.69 Å². The normalized spacial score (nSPS) is 17.6. The summed E-state index contributed by atoms with van der Waals surface area (Å²) >= 11 is 1.35. The summed E-state index contributed by atoms with van der Waals surface area (Å²) in [5.41, 5.74) is 7.20. The molecule has 1 atom stereocenters. The first-order valence-electron chi connectivity index (χ1n) is 5.95. The molecule has 2 aromatic rings. The first-order chi connectivity index (χ1) is 9.49. The van der Waals surface area contributed by atoms with Crippen molar-refractivity contribution in [3.63, 3.8) is 0 Å². The first-order valence-corrected chi connectivity index (χ1v) is 6.77. The molecule has 1 aliphatic heterocycles. The van der Waals surface area contributed by atoms with Gasteiger partial charge in [0.25, 0.3) is 0 Å². The number of aromatic amines is 1. The van der Waals surface area contributed by atoms with E-state index in [-0.39, 0.29) is 11.6 Å². The largest absolute Gasteiger partial charge is 0.343 e. The number of hydrogen-bond acceptors (Lipinski definition) is 5. The summed E-state index contributed by atoms with van der Waals surface area (Å²) in [6.07, 6.45) is 0. The molecule has 0 saturated carbocycles. The van der Waals surface area contributed by atoms with E-state index >= 15 is 0 Å². The lowest BCUT2D eigenvalue weighted by molar-refractivity contribution is -0.118. The van der Waals surface area contributed by atoms with Gasteiger partial charge in [-0.05, 0) is 23.9 Å². The molecule has 1 aromatic carbocycles. The smallest absolute Gasteiger partial charge is 0.316 e. The molecule has 0 fully saturated rings. The Hall–Kier alpha value is -2.06. The van der Waals surface area contributed by atoms with Crippen molar-refractivity contribution in [2.75, 3.05) is 11.9 Å². The summed E-state index contributed by atoms with van der Waals surface area (Å²) in [4.78, 5) is 25.6. The maximum atomic E-state index is 11.8. The Labute approximate surface area is 118 Å². The zero-order valence-electron chi connectivity index (χ0n) is 11.0. The monoisotopic (exact) mass is 291 g/mol. The molecule has 2 heterocycles. The highest BCUT2D eigenvalue weighted by molar-refractivity contribution is 7.99. The van der Waals surface area contributed by atoms with Crippen LogP contribution in [0.15, 0.2) is 33.0 Å². The number of carbonyl (C=O) groups is 1. The zero-order chi connectivity index (χ0) is 14.4. The van der Waals surface area contributed by atoms with Crippen LogP contribution >= 0.6 is 11.8 Å². The number of rotatable bonds is 2. The van der Waals surface area contributed by atoms with Crippen LogP contribution in [0.2, 0.25) is 0 Å². The van der Waals surface area contributed by atoms with E-state index in [4.69, 9.17) is 5.73 Å². The minimum absolute atomic E-state index is 0.116. The van der Waals surface area contributed by atoms with Crippen LogP contribution in [0.4, 0.5) is 5.69 Å². The molecule has 0 aliphatic carbocycles. The Bertz CT molecular complexity index is 751. The van der Waals surface area contributed by atoms with Crippen LogP contribution in [0.1, 0.15) is 11.6 Å². The van der Waals surface area contributed by atoms with Crippen molar-refractivity contribution in [3.8, 4) is 0 Å². The number of H-pyrrole nitrogens is 1. The number of aromatic nitrogens is 3. The Morgan fingerprint density at radius 2 is 2.10 bits per heavy atom. The Balaban J connectivity index is 1.96. The molecule has 0 saturated heterocycles. The third-order valence-corrected chi connectivity index (χ3v) is 4.38. The molecule has 8 heteroatoms. The highest BCUT2D eigenvalue weighted by Crippen LogP contribution is 2.37. The second-order valence-electron chi connectivity index (χ2n) is 4.57. The van der Waals surface area contributed by atoms with Crippen molar-refractivity contribution in [2.24, 2.45) is 12.8 Å². The van der Waals surface area contributed by atoms with Gasteiger partial charge in [0.15, 0.2) is 5.16 Å². The molecule has 0 radical (unpaired) electrons. The number of likely N-dealkylation sites (N-methyl/N-ethyl adjacent to an activating group) is 1. The molecule has 3 rings (SSSR count). The molecule has 1 aromatic heterocycles. The fourth-order valence-electron chi connectivity index (χ4n) is 2.13. The lowest BCUT2D eigenvalue weighted by Crippen LogP contribution is -2.27. The Morgan fingerprint density at radius 3 is 2.75 bits per heavy atom. The van der Waals surface area contributed by atoms with E-state index in [0.29, 0.717) is 5.16 Å². The van der Waals surface area contributed by atoms with Crippen molar-refractivity contribution < 1.29 is 4.79 Å². The Morgan fingerprint density at radius 1 is 1.35 bits per heavy atom. The van der Waals surface area contributed by atoms with Crippen LogP contribution in [-0.2, 0) is 11.8 Å². The molecule has 0 spiro atoms. The average Bonchev–Trinajstić information content (AvgIpc) is 2.86. The zero-order valence-corrected chi connectivity index (χ0v) is 11.8. The quantitative estimate of drug-likeness (QED) is 0.826. The SMILES string of the molecule is CN1C(=O)C(N)c2ccc(Sc3n[nH]c(=O)n3C)cc21. The summed E-state index contributed by atoms with van der Waals surface area (Å²) in [5, 5.41) is 6.88. The van der Waals surface area contributed by atoms with Gasteiger partial charge in [-0.15, -0.1) is 5.10 Å². The van der Waals surface area contributed by atoms with Crippen LogP contribution in [0, 0.1) is 0 Å². The predicted molar refractivity (Wildman–Crippen MR) is 74.7 cm³/mol. The number of nitrogens with one attached hydrogen (secondary N) is 1. The van der Waals surface area contributed by atoms with E-state index in [0.717, 1.165) is 16.1 Å². The van der Waals surface area contributed by atoms with Gasteiger partial charge in [0.1, 0.15) is 6.04 Å². The minimum Gasteiger partial charge on any atom is -0.316 e. The molecular formula is C12H13N5O2S. The third kappa shape index (κ3) is 1.84. The number of nitrogens with two attached hydrogens (primary N) is 1. The number of amides is 1. The van der Waals surface area contributed by atoms with E-state index in [1.165, 1.54) is 16.3 Å². The fourth-order valence-corrected chi connectivity index (χ4v) is 2.96. The van der Waals surface area contributed by atoms with Gasteiger partial charge in [0, 0.05) is 30.2 Å². The molecule has 1 unspecified atom stereocenters. The summed E-state index contributed by atoms with van der Waals surface area (Å²) in [7, 11) is 3.35. The van der Waals surface area contributed by atoms with Crippen molar-refractivity contribution in [2.45, 2.75) is 16.1 Å². The Kier molecular flexibility index (Phi) is 2.91. The molecule has 3 N–H and O–H groups in total.